The molecule has 0 saturated carbocycles. The van der Waals surface area contributed by atoms with Crippen LogP contribution in [0, 0.1) is 0 Å². The second kappa shape index (κ2) is 8.61. The normalized spacial score (nSPS) is 12.7. The Morgan fingerprint density at radius 1 is 0.367 bits per heavy atom. The van der Waals surface area contributed by atoms with E-state index in [0.717, 1.165) is 35.4 Å². The van der Waals surface area contributed by atoms with Crippen molar-refractivity contribution in [3.8, 4) is 0 Å². The van der Waals surface area contributed by atoms with Gasteiger partial charge in [-0.3, -0.25) is 0 Å². The topological polar surface area (TPSA) is 0 Å². The summed E-state index contributed by atoms with van der Waals surface area (Å²) in [5.74, 6) is 0. The molecule has 3 rings (SSSR count). The smallest absolute Gasteiger partial charge is 0.166 e. The van der Waals surface area contributed by atoms with Crippen LogP contribution in [-0.4, -0.2) is 0 Å². The fourth-order valence-electron chi connectivity index (χ4n) is 2.67. The predicted molar refractivity (Wildman–Crippen MR) is 107 cm³/mol. The zero-order valence-electron chi connectivity index (χ0n) is 15.5. The zero-order valence-corrected chi connectivity index (χ0v) is 15.5. The lowest BCUT2D eigenvalue weighted by Crippen LogP contribution is -2.03. The summed E-state index contributed by atoms with van der Waals surface area (Å²) >= 11 is 0. The van der Waals surface area contributed by atoms with Crippen LogP contribution in [0.3, 0.4) is 0 Å². The fourth-order valence-corrected chi connectivity index (χ4v) is 2.67. The largest absolute Gasteiger partial charge is 0.416 e. The highest BCUT2D eigenvalue weighted by atomic mass is 19.4. The van der Waals surface area contributed by atoms with E-state index in [1.54, 1.807) is 24.3 Å². The molecule has 0 unspecified atom stereocenters. The van der Waals surface area contributed by atoms with Crippen LogP contribution in [0.1, 0.15) is 33.4 Å². The average molecular weight is 418 g/mol. The minimum atomic E-state index is -4.36. The van der Waals surface area contributed by atoms with Crippen LogP contribution >= 0.6 is 0 Å². The van der Waals surface area contributed by atoms with Gasteiger partial charge in [0, 0.05) is 0 Å². The van der Waals surface area contributed by atoms with E-state index in [2.05, 4.69) is 0 Å². The molecule has 0 spiro atoms. The van der Waals surface area contributed by atoms with Gasteiger partial charge in [-0.2, -0.15) is 26.3 Å². The van der Waals surface area contributed by atoms with Gasteiger partial charge in [0.2, 0.25) is 0 Å². The molecule has 30 heavy (non-hydrogen) atoms. The van der Waals surface area contributed by atoms with E-state index in [1.165, 1.54) is 24.3 Å². The number of rotatable bonds is 4. The molecule has 3 aromatic rings. The van der Waals surface area contributed by atoms with Gasteiger partial charge >= 0.3 is 12.4 Å². The first-order chi connectivity index (χ1) is 14.1. The molecule has 0 N–H and O–H groups in total. The van der Waals surface area contributed by atoms with E-state index in [9.17, 15) is 26.3 Å². The average Bonchev–Trinajstić information content (AvgIpc) is 2.71. The second-order valence-corrected chi connectivity index (χ2v) is 6.57. The molecule has 0 aliphatic heterocycles. The first-order valence-corrected chi connectivity index (χ1v) is 8.92. The second-order valence-electron chi connectivity index (χ2n) is 6.57. The van der Waals surface area contributed by atoms with Gasteiger partial charge in [-0.15, -0.1) is 0 Å². The van der Waals surface area contributed by atoms with Crippen LogP contribution in [-0.2, 0) is 12.4 Å². The molecule has 0 aromatic heterocycles. The lowest BCUT2D eigenvalue weighted by atomic mass is 10.1. The molecule has 154 valence electrons. The van der Waals surface area contributed by atoms with Crippen LogP contribution in [0.15, 0.2) is 72.8 Å². The highest BCUT2D eigenvalue weighted by Gasteiger charge is 2.30. The Bertz CT molecular complexity index is 933. The lowest BCUT2D eigenvalue weighted by molar-refractivity contribution is -0.138. The number of hydrogen-bond acceptors (Lipinski definition) is 0. The SMILES string of the molecule is FC(F)(F)c1ccc(/C=C/c2ccc(/C=C/c3ccc(C(F)(F)F)cc3)cc2)cc1. The van der Waals surface area contributed by atoms with E-state index in [-0.39, 0.29) is 0 Å². The highest BCUT2D eigenvalue weighted by molar-refractivity contribution is 5.73. The molecule has 0 aliphatic carbocycles. The van der Waals surface area contributed by atoms with E-state index < -0.39 is 23.5 Å². The minimum absolute atomic E-state index is 0.647. The summed E-state index contributed by atoms with van der Waals surface area (Å²) in [6, 6.07) is 17.1. The quantitative estimate of drug-likeness (QED) is 0.297. The van der Waals surface area contributed by atoms with Gasteiger partial charge in [0.25, 0.3) is 0 Å². The first-order valence-electron chi connectivity index (χ1n) is 8.92. The summed E-state index contributed by atoms with van der Waals surface area (Å²) in [4.78, 5) is 0. The van der Waals surface area contributed by atoms with Crippen LogP contribution in [0.25, 0.3) is 24.3 Å². The Morgan fingerprint density at radius 3 is 0.767 bits per heavy atom. The molecule has 6 heteroatoms. The summed E-state index contributed by atoms with van der Waals surface area (Å²) in [6.45, 7) is 0. The van der Waals surface area contributed by atoms with Crippen molar-refractivity contribution < 1.29 is 26.3 Å². The monoisotopic (exact) mass is 418 g/mol. The van der Waals surface area contributed by atoms with E-state index >= 15 is 0 Å². The van der Waals surface area contributed by atoms with Crippen molar-refractivity contribution >= 4 is 24.3 Å². The minimum Gasteiger partial charge on any atom is -0.166 e. The summed E-state index contributed by atoms with van der Waals surface area (Å²) < 4.78 is 75.5. The van der Waals surface area contributed by atoms with Crippen molar-refractivity contribution in [2.24, 2.45) is 0 Å². The van der Waals surface area contributed by atoms with Gasteiger partial charge in [-0.25, -0.2) is 0 Å². The summed E-state index contributed by atoms with van der Waals surface area (Å²) in [6.07, 6.45) is -1.71. The Kier molecular flexibility index (Phi) is 6.15. The third kappa shape index (κ3) is 5.86. The van der Waals surface area contributed by atoms with Crippen molar-refractivity contribution in [2.45, 2.75) is 12.4 Å². The van der Waals surface area contributed by atoms with Gasteiger partial charge in [-0.05, 0) is 46.5 Å². The Labute approximate surface area is 169 Å². The van der Waals surface area contributed by atoms with Crippen molar-refractivity contribution in [3.05, 3.63) is 106 Å². The standard InChI is InChI=1S/C24H16F6/c25-23(26,27)21-13-9-19(10-14-21)7-5-17-1-2-18(4-3-17)6-8-20-11-15-22(16-12-20)24(28,29)30/h1-16H/b7-5+,8-6+. The molecule has 0 nitrogen and oxygen atoms in total. The summed E-state index contributed by atoms with van der Waals surface area (Å²) in [5, 5.41) is 0. The first kappa shape index (κ1) is 21.4. The van der Waals surface area contributed by atoms with Gasteiger partial charge in [-0.1, -0.05) is 72.8 Å². The van der Waals surface area contributed by atoms with Crippen LogP contribution in [0.4, 0.5) is 26.3 Å². The van der Waals surface area contributed by atoms with Crippen LogP contribution in [0.5, 0.6) is 0 Å². The zero-order chi connectivity index (χ0) is 21.8. The Morgan fingerprint density at radius 2 is 0.567 bits per heavy atom. The number of benzene rings is 3. The Balaban J connectivity index is 1.63. The maximum absolute atomic E-state index is 12.6. The molecule has 0 bridgehead atoms. The van der Waals surface area contributed by atoms with E-state index in [1.807, 2.05) is 24.3 Å². The summed E-state index contributed by atoms with van der Waals surface area (Å²) in [7, 11) is 0. The number of hydrogen-bond donors (Lipinski definition) is 0. The maximum Gasteiger partial charge on any atom is 0.416 e. The van der Waals surface area contributed by atoms with E-state index in [4.69, 9.17) is 0 Å². The van der Waals surface area contributed by atoms with Gasteiger partial charge < -0.3 is 0 Å². The van der Waals surface area contributed by atoms with Gasteiger partial charge in [0.05, 0.1) is 11.1 Å². The molecule has 0 radical (unpaired) electrons. The van der Waals surface area contributed by atoms with Crippen molar-refractivity contribution in [1.82, 2.24) is 0 Å². The number of alkyl halides is 6. The molecule has 0 heterocycles. The Hall–Kier alpha value is -3.28. The van der Waals surface area contributed by atoms with Gasteiger partial charge in [0.15, 0.2) is 0 Å². The maximum atomic E-state index is 12.6. The fraction of sp³-hybridized carbons (Fsp3) is 0.0833. The molecular weight excluding hydrogens is 402 g/mol. The molecule has 0 aliphatic rings. The molecule has 3 aromatic carbocycles. The van der Waals surface area contributed by atoms with Crippen LogP contribution < -0.4 is 0 Å². The van der Waals surface area contributed by atoms with Crippen molar-refractivity contribution in [1.29, 1.82) is 0 Å². The van der Waals surface area contributed by atoms with Crippen molar-refractivity contribution in [2.75, 3.05) is 0 Å². The predicted octanol–water partition coefficient (Wildman–Crippen LogP) is 8.07. The highest BCUT2D eigenvalue weighted by Crippen LogP contribution is 2.30. The molecule has 0 fully saturated rings. The van der Waals surface area contributed by atoms with Gasteiger partial charge in [0.1, 0.15) is 0 Å². The third-order valence-electron chi connectivity index (χ3n) is 4.35. The molecular formula is C24H16F6. The van der Waals surface area contributed by atoms with Crippen LogP contribution in [0.2, 0.25) is 0 Å². The lowest BCUT2D eigenvalue weighted by Gasteiger charge is -2.06. The number of halogens is 6. The third-order valence-corrected chi connectivity index (χ3v) is 4.35. The molecule has 0 saturated heterocycles. The van der Waals surface area contributed by atoms with Crippen molar-refractivity contribution in [3.63, 3.8) is 0 Å². The summed E-state index contributed by atoms with van der Waals surface area (Å²) in [5.41, 5.74) is 1.64. The molecule has 0 atom stereocenters. The van der Waals surface area contributed by atoms with E-state index in [0.29, 0.717) is 11.1 Å². The molecule has 0 amide bonds.